The topological polar surface area (TPSA) is 173 Å². The average Bonchev–Trinajstić information content (AvgIpc) is 3.57. The van der Waals surface area contributed by atoms with Gasteiger partial charge in [-0.25, -0.2) is 19.5 Å². The fourth-order valence-corrected chi connectivity index (χ4v) is 5.93. The summed E-state index contributed by atoms with van der Waals surface area (Å²) in [5, 5.41) is 12.5. The van der Waals surface area contributed by atoms with E-state index in [1.54, 1.807) is 34.9 Å². The minimum absolute atomic E-state index is 0.0474. The van der Waals surface area contributed by atoms with E-state index < -0.39 is 38.2 Å². The van der Waals surface area contributed by atoms with Gasteiger partial charge in [-0.1, -0.05) is 48.5 Å². The van der Waals surface area contributed by atoms with Crippen LogP contribution in [0.5, 0.6) is 5.75 Å². The molecular weight excluding hydrogens is 539 g/mol. The second-order valence-corrected chi connectivity index (χ2v) is 10.8. The van der Waals surface area contributed by atoms with Crippen LogP contribution in [0.3, 0.4) is 0 Å². The van der Waals surface area contributed by atoms with E-state index >= 15 is 0 Å². The van der Waals surface area contributed by atoms with Gasteiger partial charge in [0.15, 0.2) is 17.7 Å². The molecule has 1 aliphatic heterocycles. The summed E-state index contributed by atoms with van der Waals surface area (Å²) in [6, 6.07) is 16.5. The summed E-state index contributed by atoms with van der Waals surface area (Å²) in [5.41, 5.74) is 7.46. The molecule has 0 bridgehead atoms. The summed E-state index contributed by atoms with van der Waals surface area (Å²) in [4.78, 5) is 25.3. The maximum absolute atomic E-state index is 14.2. The molecule has 2 aromatic heterocycles. The number of carbonyl (C=O) groups is 1. The van der Waals surface area contributed by atoms with Crippen molar-refractivity contribution in [1.29, 1.82) is 0 Å². The summed E-state index contributed by atoms with van der Waals surface area (Å²) >= 11 is 0. The highest BCUT2D eigenvalue weighted by Gasteiger charge is 2.44. The molecule has 0 aliphatic carbocycles. The Morgan fingerprint density at radius 1 is 1.18 bits per heavy atom. The molecule has 13 nitrogen and oxygen atoms in total. The number of hydrogen-bond acceptors (Lipinski definition) is 11. The van der Waals surface area contributed by atoms with Crippen molar-refractivity contribution in [2.45, 2.75) is 44.4 Å². The molecule has 0 saturated carbocycles. The van der Waals surface area contributed by atoms with Crippen LogP contribution in [0.15, 0.2) is 73.3 Å². The lowest BCUT2D eigenvalue weighted by molar-refractivity contribution is -0.146. The van der Waals surface area contributed by atoms with Crippen molar-refractivity contribution in [2.24, 2.45) is 0 Å². The maximum atomic E-state index is 14.2. The Labute approximate surface area is 229 Å². The van der Waals surface area contributed by atoms with Gasteiger partial charge in [0.05, 0.1) is 19.0 Å². The predicted molar refractivity (Wildman–Crippen MR) is 144 cm³/mol. The monoisotopic (exact) mass is 568 g/mol. The third kappa shape index (κ3) is 6.30. The SMILES string of the molecule is C[C@H](NP(=O)(Oc1ccccc1)O[C@@H]1C[C@@H](CO)O[C@H]1n1cnc2c(N)ncnc21)C(=O)OCc1ccccc1. The van der Waals surface area contributed by atoms with Crippen molar-refractivity contribution in [3.05, 3.63) is 78.9 Å². The standard InChI is InChI=1S/C26H29N6O7P/c1-17(26(34)36-14-18-8-4-2-5-9-18)31-40(35,38-19-10-6-3-7-11-19)39-21-12-20(13-33)37-25(21)32-16-30-22-23(27)28-15-29-24(22)32/h2-11,15-17,20-21,25,33H,12-14H2,1H3,(H,31,35)(H2,27,28,29)/t17-,20-,21+,25+,40?/m0/s1. The Morgan fingerprint density at radius 3 is 2.62 bits per heavy atom. The van der Waals surface area contributed by atoms with Crippen molar-refractivity contribution in [3.63, 3.8) is 0 Å². The van der Waals surface area contributed by atoms with Gasteiger partial charge in [-0.05, 0) is 24.6 Å². The number of benzene rings is 2. The van der Waals surface area contributed by atoms with Gasteiger partial charge in [0.1, 0.15) is 36.3 Å². The molecule has 1 unspecified atom stereocenters. The smallest absolute Gasteiger partial charge is 0.459 e. The molecule has 40 heavy (non-hydrogen) atoms. The number of rotatable bonds is 11. The van der Waals surface area contributed by atoms with Gasteiger partial charge in [0.25, 0.3) is 0 Å². The number of imidazole rings is 1. The van der Waals surface area contributed by atoms with Gasteiger partial charge < -0.3 is 24.8 Å². The molecule has 210 valence electrons. The lowest BCUT2D eigenvalue weighted by Crippen LogP contribution is -2.36. The molecule has 0 spiro atoms. The van der Waals surface area contributed by atoms with Crippen LogP contribution in [-0.2, 0) is 30.0 Å². The number of aromatic nitrogens is 4. The number of hydrogen-bond donors (Lipinski definition) is 3. The highest BCUT2D eigenvalue weighted by molar-refractivity contribution is 7.52. The van der Waals surface area contributed by atoms with E-state index in [2.05, 4.69) is 20.0 Å². The van der Waals surface area contributed by atoms with E-state index in [1.165, 1.54) is 19.6 Å². The highest BCUT2D eigenvalue weighted by atomic mass is 31.2. The second-order valence-electron chi connectivity index (χ2n) is 9.14. The molecule has 4 aromatic rings. The number of nitrogen functional groups attached to an aromatic ring is 1. The summed E-state index contributed by atoms with van der Waals surface area (Å²) in [6.45, 7) is 1.24. The lowest BCUT2D eigenvalue weighted by atomic mass is 10.2. The number of anilines is 1. The first-order chi connectivity index (χ1) is 19.3. The number of carbonyl (C=O) groups excluding carboxylic acids is 1. The van der Waals surface area contributed by atoms with Gasteiger partial charge in [0, 0.05) is 6.42 Å². The molecule has 2 aromatic carbocycles. The number of esters is 1. The summed E-state index contributed by atoms with van der Waals surface area (Å²) < 4.78 is 39.1. The molecule has 1 saturated heterocycles. The summed E-state index contributed by atoms with van der Waals surface area (Å²) in [6.07, 6.45) is 0.476. The molecule has 14 heteroatoms. The van der Waals surface area contributed by atoms with Crippen LogP contribution in [0.4, 0.5) is 5.82 Å². The third-order valence-electron chi connectivity index (χ3n) is 6.18. The van der Waals surface area contributed by atoms with E-state index in [-0.39, 0.29) is 31.2 Å². The molecule has 0 amide bonds. The van der Waals surface area contributed by atoms with Crippen LogP contribution in [0.2, 0.25) is 0 Å². The van der Waals surface area contributed by atoms with Gasteiger partial charge in [-0.2, -0.15) is 5.09 Å². The molecule has 5 atom stereocenters. The summed E-state index contributed by atoms with van der Waals surface area (Å²) in [5.74, 6) is -0.212. The fourth-order valence-electron chi connectivity index (χ4n) is 4.25. The maximum Gasteiger partial charge on any atom is 0.459 e. The Morgan fingerprint density at radius 2 is 1.90 bits per heavy atom. The largest absolute Gasteiger partial charge is 0.460 e. The third-order valence-corrected chi connectivity index (χ3v) is 7.89. The van der Waals surface area contributed by atoms with Crippen molar-refractivity contribution < 1.29 is 33.0 Å². The second kappa shape index (κ2) is 12.1. The Bertz CT molecular complexity index is 1490. The number of ether oxygens (including phenoxy) is 2. The van der Waals surface area contributed by atoms with Crippen LogP contribution in [0.1, 0.15) is 25.1 Å². The number of nitrogens with one attached hydrogen (secondary N) is 1. The lowest BCUT2D eigenvalue weighted by Gasteiger charge is -2.27. The van der Waals surface area contributed by atoms with Crippen LogP contribution < -0.4 is 15.3 Å². The van der Waals surface area contributed by atoms with Crippen molar-refractivity contribution in [3.8, 4) is 5.75 Å². The number of aliphatic hydroxyl groups is 1. The number of nitrogens with zero attached hydrogens (tertiary/aromatic N) is 4. The van der Waals surface area contributed by atoms with Crippen molar-refractivity contribution in [2.75, 3.05) is 12.3 Å². The highest BCUT2D eigenvalue weighted by Crippen LogP contribution is 2.50. The van der Waals surface area contributed by atoms with E-state index in [0.717, 1.165) is 5.56 Å². The molecular formula is C26H29N6O7P. The Kier molecular flexibility index (Phi) is 8.38. The van der Waals surface area contributed by atoms with Crippen LogP contribution in [-0.4, -0.2) is 55.5 Å². The van der Waals surface area contributed by atoms with Crippen LogP contribution in [0.25, 0.3) is 11.2 Å². The first kappa shape index (κ1) is 27.7. The minimum atomic E-state index is -4.25. The van der Waals surface area contributed by atoms with E-state index in [1.807, 2.05) is 30.3 Å². The van der Waals surface area contributed by atoms with Gasteiger partial charge in [0.2, 0.25) is 0 Å². The zero-order valence-corrected chi connectivity index (χ0v) is 22.5. The molecule has 5 rings (SSSR count). The van der Waals surface area contributed by atoms with Crippen LogP contribution in [0, 0.1) is 0 Å². The predicted octanol–water partition coefficient (Wildman–Crippen LogP) is 2.98. The van der Waals surface area contributed by atoms with Crippen LogP contribution >= 0.6 is 7.75 Å². The van der Waals surface area contributed by atoms with E-state index in [9.17, 15) is 14.5 Å². The number of nitrogens with two attached hydrogens (primary N) is 1. The fraction of sp³-hybridized carbons (Fsp3) is 0.308. The first-order valence-corrected chi connectivity index (χ1v) is 14.1. The molecule has 1 aliphatic rings. The first-order valence-electron chi connectivity index (χ1n) is 12.6. The minimum Gasteiger partial charge on any atom is -0.460 e. The zero-order chi connectivity index (χ0) is 28.1. The van der Waals surface area contributed by atoms with Gasteiger partial charge in [-0.3, -0.25) is 13.9 Å². The van der Waals surface area contributed by atoms with Crippen molar-refractivity contribution in [1.82, 2.24) is 24.6 Å². The molecule has 0 radical (unpaired) electrons. The Balaban J connectivity index is 1.38. The Hall–Kier alpha value is -3.87. The number of aliphatic hydroxyl groups excluding tert-OH is 1. The van der Waals surface area contributed by atoms with E-state index in [0.29, 0.717) is 11.2 Å². The summed E-state index contributed by atoms with van der Waals surface area (Å²) in [7, 11) is -4.25. The van der Waals surface area contributed by atoms with Gasteiger partial charge >= 0.3 is 13.7 Å². The zero-order valence-electron chi connectivity index (χ0n) is 21.6. The normalized spacial score (nSPS) is 21.1. The molecule has 4 N–H and O–H groups in total. The average molecular weight is 569 g/mol. The van der Waals surface area contributed by atoms with Gasteiger partial charge in [-0.15, -0.1) is 0 Å². The molecule has 3 heterocycles. The molecule has 1 fully saturated rings. The van der Waals surface area contributed by atoms with E-state index in [4.69, 9.17) is 24.3 Å². The number of para-hydroxylation sites is 1. The van der Waals surface area contributed by atoms with Crippen molar-refractivity contribution >= 4 is 30.7 Å². The number of fused-ring (bicyclic) bond motifs is 1. The quantitative estimate of drug-likeness (QED) is 0.179.